The van der Waals surface area contributed by atoms with Crippen LogP contribution in [0.25, 0.3) is 6.08 Å². The Morgan fingerprint density at radius 3 is 1.62 bits per heavy atom. The van der Waals surface area contributed by atoms with Gasteiger partial charge in [-0.25, -0.2) is 0 Å². The second kappa shape index (κ2) is 11.7. The summed E-state index contributed by atoms with van der Waals surface area (Å²) in [5.74, 6) is 0.130. The molecule has 6 heteroatoms. The molecule has 0 aliphatic rings. The van der Waals surface area contributed by atoms with Gasteiger partial charge in [-0.1, -0.05) is 66.7 Å². The number of amides is 2. The van der Waals surface area contributed by atoms with Gasteiger partial charge in [0.2, 0.25) is 0 Å². The quantitative estimate of drug-likeness (QED) is 0.273. The van der Waals surface area contributed by atoms with Crippen molar-refractivity contribution in [1.29, 1.82) is 0 Å². The van der Waals surface area contributed by atoms with Gasteiger partial charge in [0.15, 0.2) is 11.5 Å². The van der Waals surface area contributed by atoms with Crippen LogP contribution in [0.4, 0.5) is 0 Å². The predicted octanol–water partition coefficient (Wildman–Crippen LogP) is 4.84. The molecule has 0 saturated carbocycles. The summed E-state index contributed by atoms with van der Waals surface area (Å²) in [7, 11) is 3.09. The highest BCUT2D eigenvalue weighted by Crippen LogP contribution is 2.28. The van der Waals surface area contributed by atoms with Crippen LogP contribution in [-0.4, -0.2) is 26.0 Å². The largest absolute Gasteiger partial charge is 0.493 e. The van der Waals surface area contributed by atoms with E-state index in [0.717, 1.165) is 11.1 Å². The van der Waals surface area contributed by atoms with Crippen LogP contribution in [0.15, 0.2) is 84.4 Å². The van der Waals surface area contributed by atoms with Gasteiger partial charge < -0.3 is 20.1 Å². The Morgan fingerprint density at radius 2 is 1.18 bits per heavy atom. The second-order valence-electron chi connectivity index (χ2n) is 7.88. The van der Waals surface area contributed by atoms with Crippen LogP contribution in [0.1, 0.15) is 42.6 Å². The van der Waals surface area contributed by atoms with Gasteiger partial charge in [-0.15, -0.1) is 0 Å². The maximum absolute atomic E-state index is 13.3. The molecule has 3 aromatic carbocycles. The molecule has 0 radical (unpaired) electrons. The fraction of sp³-hybridized carbons (Fsp3) is 0.214. The van der Waals surface area contributed by atoms with Crippen LogP contribution in [0, 0.1) is 0 Å². The SMILES string of the molecule is COc1ccc(C=C(C(=O)NC(C)c2ccccc2)C(=O)NC(C)c2ccccc2)cc1OC. The molecule has 0 aliphatic heterocycles. The van der Waals surface area contributed by atoms with Crippen LogP contribution < -0.4 is 20.1 Å². The van der Waals surface area contributed by atoms with Crippen LogP contribution in [-0.2, 0) is 9.59 Å². The van der Waals surface area contributed by atoms with E-state index < -0.39 is 11.8 Å². The number of carbonyl (C=O) groups is 2. The van der Waals surface area contributed by atoms with Crippen molar-refractivity contribution in [3.8, 4) is 11.5 Å². The van der Waals surface area contributed by atoms with Gasteiger partial charge in [-0.05, 0) is 48.7 Å². The number of hydrogen-bond acceptors (Lipinski definition) is 4. The van der Waals surface area contributed by atoms with Crippen LogP contribution >= 0.6 is 0 Å². The third-order valence-electron chi connectivity index (χ3n) is 5.50. The van der Waals surface area contributed by atoms with E-state index >= 15 is 0 Å². The van der Waals surface area contributed by atoms with Gasteiger partial charge in [-0.3, -0.25) is 9.59 Å². The molecule has 2 N–H and O–H groups in total. The maximum Gasteiger partial charge on any atom is 0.257 e. The normalized spacial score (nSPS) is 12.1. The molecule has 0 spiro atoms. The maximum atomic E-state index is 13.3. The van der Waals surface area contributed by atoms with Gasteiger partial charge in [-0.2, -0.15) is 0 Å². The molecular weight excluding hydrogens is 428 g/mol. The summed E-state index contributed by atoms with van der Waals surface area (Å²) in [5, 5.41) is 5.88. The van der Waals surface area contributed by atoms with E-state index in [1.807, 2.05) is 74.5 Å². The molecule has 0 saturated heterocycles. The van der Waals surface area contributed by atoms with Crippen molar-refractivity contribution in [1.82, 2.24) is 10.6 Å². The van der Waals surface area contributed by atoms with E-state index in [1.165, 1.54) is 7.11 Å². The summed E-state index contributed by atoms with van der Waals surface area (Å²) in [4.78, 5) is 26.5. The Balaban J connectivity index is 1.91. The standard InChI is InChI=1S/C28H30N2O4/c1-19(22-11-7-5-8-12-22)29-27(31)24(17-21-15-16-25(33-3)26(18-21)34-4)28(32)30-20(2)23-13-9-6-10-14-23/h5-20H,1-4H3,(H,29,31)(H,30,32). The summed E-state index contributed by atoms with van der Waals surface area (Å²) in [6.45, 7) is 3.76. The topological polar surface area (TPSA) is 76.7 Å². The van der Waals surface area contributed by atoms with Crippen molar-refractivity contribution in [2.24, 2.45) is 0 Å². The zero-order valence-corrected chi connectivity index (χ0v) is 19.9. The lowest BCUT2D eigenvalue weighted by atomic mass is 10.0. The van der Waals surface area contributed by atoms with Crippen LogP contribution in [0.2, 0.25) is 0 Å². The van der Waals surface area contributed by atoms with Gasteiger partial charge in [0.25, 0.3) is 11.8 Å². The Kier molecular flexibility index (Phi) is 8.46. The minimum absolute atomic E-state index is 0.00205. The van der Waals surface area contributed by atoms with Gasteiger partial charge in [0.1, 0.15) is 5.57 Å². The number of hydrogen-bond donors (Lipinski definition) is 2. The first-order valence-electron chi connectivity index (χ1n) is 11.1. The smallest absolute Gasteiger partial charge is 0.257 e. The summed E-state index contributed by atoms with van der Waals surface area (Å²) in [5.41, 5.74) is 2.52. The molecule has 2 atom stereocenters. The summed E-state index contributed by atoms with van der Waals surface area (Å²) in [6.07, 6.45) is 1.56. The van der Waals surface area contributed by atoms with E-state index in [9.17, 15) is 9.59 Å². The van der Waals surface area contributed by atoms with E-state index in [-0.39, 0.29) is 17.7 Å². The Morgan fingerprint density at radius 1 is 0.706 bits per heavy atom. The predicted molar refractivity (Wildman–Crippen MR) is 134 cm³/mol. The molecule has 2 unspecified atom stereocenters. The lowest BCUT2D eigenvalue weighted by molar-refractivity contribution is -0.124. The zero-order chi connectivity index (χ0) is 24.5. The van der Waals surface area contributed by atoms with E-state index in [4.69, 9.17) is 9.47 Å². The number of rotatable bonds is 9. The monoisotopic (exact) mass is 458 g/mol. The number of methoxy groups -OCH3 is 2. The molecule has 6 nitrogen and oxygen atoms in total. The number of carbonyl (C=O) groups excluding carboxylic acids is 2. The molecule has 2 amide bonds. The summed E-state index contributed by atoms with van der Waals surface area (Å²) >= 11 is 0. The zero-order valence-electron chi connectivity index (χ0n) is 19.9. The fourth-order valence-corrected chi connectivity index (χ4v) is 3.54. The third kappa shape index (κ3) is 6.25. The van der Waals surface area contributed by atoms with Crippen molar-refractivity contribution < 1.29 is 19.1 Å². The first-order valence-corrected chi connectivity index (χ1v) is 11.1. The third-order valence-corrected chi connectivity index (χ3v) is 5.50. The first kappa shape index (κ1) is 24.6. The van der Waals surface area contributed by atoms with Crippen molar-refractivity contribution in [3.63, 3.8) is 0 Å². The number of nitrogens with one attached hydrogen (secondary N) is 2. The van der Waals surface area contributed by atoms with Crippen molar-refractivity contribution in [3.05, 3.63) is 101 Å². The molecule has 176 valence electrons. The Hall–Kier alpha value is -4.06. The minimum atomic E-state index is -0.469. The molecule has 3 rings (SSSR count). The van der Waals surface area contributed by atoms with Gasteiger partial charge >= 0.3 is 0 Å². The van der Waals surface area contributed by atoms with E-state index in [0.29, 0.717) is 17.1 Å². The number of ether oxygens (including phenoxy) is 2. The molecular formula is C28H30N2O4. The van der Waals surface area contributed by atoms with Gasteiger partial charge in [0, 0.05) is 0 Å². The Bertz CT molecular complexity index is 1080. The van der Waals surface area contributed by atoms with Gasteiger partial charge in [0.05, 0.1) is 26.3 Å². The second-order valence-corrected chi connectivity index (χ2v) is 7.88. The van der Waals surface area contributed by atoms with Crippen molar-refractivity contribution in [2.45, 2.75) is 25.9 Å². The average molecular weight is 459 g/mol. The first-order chi connectivity index (χ1) is 16.4. The summed E-state index contributed by atoms with van der Waals surface area (Å²) in [6, 6.07) is 23.9. The number of benzene rings is 3. The van der Waals surface area contributed by atoms with Crippen molar-refractivity contribution >= 4 is 17.9 Å². The highest BCUT2D eigenvalue weighted by atomic mass is 16.5. The highest BCUT2D eigenvalue weighted by molar-refractivity contribution is 6.21. The molecule has 0 aliphatic carbocycles. The molecule has 0 heterocycles. The van der Waals surface area contributed by atoms with E-state index in [2.05, 4.69) is 10.6 Å². The van der Waals surface area contributed by atoms with E-state index in [1.54, 1.807) is 31.4 Å². The lowest BCUT2D eigenvalue weighted by Crippen LogP contribution is -2.36. The summed E-state index contributed by atoms with van der Waals surface area (Å²) < 4.78 is 10.7. The Labute approximate surface area is 200 Å². The van der Waals surface area contributed by atoms with Crippen LogP contribution in [0.5, 0.6) is 11.5 Å². The molecule has 34 heavy (non-hydrogen) atoms. The molecule has 0 bridgehead atoms. The van der Waals surface area contributed by atoms with Crippen molar-refractivity contribution in [2.75, 3.05) is 14.2 Å². The lowest BCUT2D eigenvalue weighted by Gasteiger charge is -2.18. The highest BCUT2D eigenvalue weighted by Gasteiger charge is 2.22. The average Bonchev–Trinajstić information content (AvgIpc) is 2.87. The van der Waals surface area contributed by atoms with Crippen LogP contribution in [0.3, 0.4) is 0 Å². The molecule has 0 fully saturated rings. The molecule has 3 aromatic rings. The minimum Gasteiger partial charge on any atom is -0.493 e. The fourth-order valence-electron chi connectivity index (χ4n) is 3.54. The molecule has 0 aromatic heterocycles.